The van der Waals surface area contributed by atoms with E-state index in [0.717, 1.165) is 5.56 Å². The normalized spacial score (nSPS) is 11.6. The predicted octanol–water partition coefficient (Wildman–Crippen LogP) is 3.14. The maximum absolute atomic E-state index is 12.6. The number of hydrogen-bond acceptors (Lipinski definition) is 4. The third-order valence-corrected chi connectivity index (χ3v) is 4.84. The molecule has 0 radical (unpaired) electrons. The lowest BCUT2D eigenvalue weighted by molar-refractivity contribution is -0.121. The van der Waals surface area contributed by atoms with Crippen LogP contribution < -0.4 is 10.6 Å². The first-order chi connectivity index (χ1) is 14.1. The first-order valence-corrected chi connectivity index (χ1v) is 9.81. The zero-order valence-electron chi connectivity index (χ0n) is 16.1. The third kappa shape index (κ3) is 5.39. The lowest BCUT2D eigenvalue weighted by atomic mass is 10.0. The van der Waals surface area contributed by atoms with Crippen molar-refractivity contribution < 1.29 is 9.59 Å². The maximum Gasteiger partial charge on any atom is 0.251 e. The minimum Gasteiger partial charge on any atom is -0.349 e. The summed E-state index contributed by atoms with van der Waals surface area (Å²) in [6.45, 7) is 2.88. The smallest absolute Gasteiger partial charge is 0.251 e. The van der Waals surface area contributed by atoms with Crippen LogP contribution in [0.3, 0.4) is 0 Å². The molecule has 0 bridgehead atoms. The van der Waals surface area contributed by atoms with Gasteiger partial charge in [-0.15, -0.1) is 0 Å². The predicted molar refractivity (Wildman–Crippen MR) is 113 cm³/mol. The van der Waals surface area contributed by atoms with Crippen LogP contribution in [0.5, 0.6) is 0 Å². The van der Waals surface area contributed by atoms with Crippen LogP contribution in [0.25, 0.3) is 0 Å². The minimum absolute atomic E-state index is 0.111. The molecule has 1 heterocycles. The fourth-order valence-electron chi connectivity index (χ4n) is 3.02. The average Bonchev–Trinajstić information content (AvgIpc) is 3.12. The van der Waals surface area contributed by atoms with Gasteiger partial charge in [0.25, 0.3) is 5.91 Å². The highest BCUT2D eigenvalue weighted by molar-refractivity contribution is 7.71. The molecule has 1 aromatic heterocycles. The Hall–Kier alpha value is -3.26. The van der Waals surface area contributed by atoms with E-state index in [-0.39, 0.29) is 24.8 Å². The van der Waals surface area contributed by atoms with Crippen molar-refractivity contribution in [3.8, 4) is 0 Å². The van der Waals surface area contributed by atoms with Gasteiger partial charge in [0.05, 0.1) is 19.0 Å². The number of nitrogens with one attached hydrogen (secondary N) is 3. The van der Waals surface area contributed by atoms with Gasteiger partial charge < -0.3 is 15.2 Å². The molecular formula is C21H23N5O2S. The number of amides is 2. The summed E-state index contributed by atoms with van der Waals surface area (Å²) in [5.41, 5.74) is 1.41. The third-order valence-electron chi connectivity index (χ3n) is 4.53. The zero-order chi connectivity index (χ0) is 20.6. The number of rotatable bonds is 8. The molecule has 3 aromatic rings. The number of carbonyl (C=O) groups is 2. The molecule has 0 aliphatic rings. The van der Waals surface area contributed by atoms with Crippen LogP contribution in [0.4, 0.5) is 0 Å². The molecule has 2 aromatic carbocycles. The Morgan fingerprint density at radius 3 is 2.41 bits per heavy atom. The Kier molecular flexibility index (Phi) is 6.91. The van der Waals surface area contributed by atoms with Crippen LogP contribution >= 0.6 is 12.2 Å². The molecule has 0 aliphatic carbocycles. The average molecular weight is 410 g/mol. The van der Waals surface area contributed by atoms with E-state index in [4.69, 9.17) is 12.2 Å². The van der Waals surface area contributed by atoms with Crippen molar-refractivity contribution in [2.45, 2.75) is 32.5 Å². The van der Waals surface area contributed by atoms with Gasteiger partial charge in [0.1, 0.15) is 0 Å². The van der Waals surface area contributed by atoms with E-state index >= 15 is 0 Å². The van der Waals surface area contributed by atoms with E-state index in [1.165, 1.54) is 0 Å². The van der Waals surface area contributed by atoms with Crippen molar-refractivity contribution in [3.05, 3.63) is 82.4 Å². The molecule has 3 N–H and O–H groups in total. The fourth-order valence-corrected chi connectivity index (χ4v) is 3.30. The molecule has 0 saturated heterocycles. The summed E-state index contributed by atoms with van der Waals surface area (Å²) in [5, 5.41) is 12.7. The summed E-state index contributed by atoms with van der Waals surface area (Å²) < 4.78 is 2.34. The van der Waals surface area contributed by atoms with Crippen LogP contribution in [0.15, 0.2) is 60.7 Å². The van der Waals surface area contributed by atoms with E-state index in [0.29, 0.717) is 22.7 Å². The largest absolute Gasteiger partial charge is 0.349 e. The summed E-state index contributed by atoms with van der Waals surface area (Å²) in [6, 6.07) is 17.9. The number of aromatic nitrogens is 3. The van der Waals surface area contributed by atoms with Crippen molar-refractivity contribution >= 4 is 24.0 Å². The second-order valence-corrected chi connectivity index (χ2v) is 6.86. The van der Waals surface area contributed by atoms with Gasteiger partial charge in [-0.3, -0.25) is 14.7 Å². The molecular weight excluding hydrogens is 386 g/mol. The van der Waals surface area contributed by atoms with Crippen molar-refractivity contribution in [2.75, 3.05) is 0 Å². The molecule has 1 unspecified atom stereocenters. The zero-order valence-corrected chi connectivity index (χ0v) is 16.9. The molecule has 2 amide bonds. The van der Waals surface area contributed by atoms with E-state index < -0.39 is 6.04 Å². The van der Waals surface area contributed by atoms with Gasteiger partial charge in [0, 0.05) is 12.1 Å². The SMILES string of the molecule is CCn1c(CNC(=O)CC(NC(=O)c2ccccc2)c2ccccc2)n[nH]c1=S. The molecule has 3 rings (SSSR count). The van der Waals surface area contributed by atoms with Crippen LogP contribution in [-0.4, -0.2) is 26.6 Å². The fraction of sp³-hybridized carbons (Fsp3) is 0.238. The van der Waals surface area contributed by atoms with Gasteiger partial charge in [-0.1, -0.05) is 48.5 Å². The Morgan fingerprint density at radius 2 is 1.76 bits per heavy atom. The van der Waals surface area contributed by atoms with Crippen LogP contribution in [0, 0.1) is 4.77 Å². The van der Waals surface area contributed by atoms with Gasteiger partial charge in [-0.25, -0.2) is 0 Å². The highest BCUT2D eigenvalue weighted by Crippen LogP contribution is 2.17. The van der Waals surface area contributed by atoms with Crippen LogP contribution in [0.2, 0.25) is 0 Å². The lowest BCUT2D eigenvalue weighted by Crippen LogP contribution is -2.34. The summed E-state index contributed by atoms with van der Waals surface area (Å²) >= 11 is 5.16. The standard InChI is InChI=1S/C21H23N5O2S/c1-2-26-18(24-25-21(26)29)14-22-19(27)13-17(15-9-5-3-6-10-15)23-20(28)16-11-7-4-8-12-16/h3-12,17H,2,13-14H2,1H3,(H,22,27)(H,23,28)(H,25,29). The molecule has 1 atom stereocenters. The molecule has 0 spiro atoms. The number of benzene rings is 2. The summed E-state index contributed by atoms with van der Waals surface area (Å²) in [5.74, 6) is 0.248. The van der Waals surface area contributed by atoms with Crippen molar-refractivity contribution in [2.24, 2.45) is 0 Å². The summed E-state index contributed by atoms with van der Waals surface area (Å²) in [6.07, 6.45) is 0.111. The topological polar surface area (TPSA) is 91.8 Å². The molecule has 8 heteroatoms. The van der Waals surface area contributed by atoms with Gasteiger partial charge >= 0.3 is 0 Å². The van der Waals surface area contributed by atoms with E-state index in [2.05, 4.69) is 20.8 Å². The highest BCUT2D eigenvalue weighted by Gasteiger charge is 2.19. The van der Waals surface area contributed by atoms with Gasteiger partial charge in [-0.05, 0) is 36.8 Å². The molecule has 0 saturated carbocycles. The van der Waals surface area contributed by atoms with Gasteiger partial charge in [0.2, 0.25) is 5.91 Å². The molecule has 7 nitrogen and oxygen atoms in total. The second-order valence-electron chi connectivity index (χ2n) is 6.47. The minimum atomic E-state index is -0.448. The Bertz CT molecular complexity index is 1010. The van der Waals surface area contributed by atoms with Crippen molar-refractivity contribution in [1.29, 1.82) is 0 Å². The van der Waals surface area contributed by atoms with Gasteiger partial charge in [-0.2, -0.15) is 5.10 Å². The van der Waals surface area contributed by atoms with Gasteiger partial charge in [0.15, 0.2) is 10.6 Å². The van der Waals surface area contributed by atoms with Crippen molar-refractivity contribution in [1.82, 2.24) is 25.4 Å². The maximum atomic E-state index is 12.6. The Balaban J connectivity index is 1.68. The highest BCUT2D eigenvalue weighted by atomic mass is 32.1. The quantitative estimate of drug-likeness (QED) is 0.499. The number of carbonyl (C=O) groups excluding carboxylic acids is 2. The number of hydrogen-bond donors (Lipinski definition) is 3. The van der Waals surface area contributed by atoms with Crippen molar-refractivity contribution in [3.63, 3.8) is 0 Å². The second kappa shape index (κ2) is 9.79. The first kappa shape index (κ1) is 20.5. The molecule has 150 valence electrons. The van der Waals surface area contributed by atoms with E-state index in [1.807, 2.05) is 47.9 Å². The monoisotopic (exact) mass is 409 g/mol. The molecule has 29 heavy (non-hydrogen) atoms. The summed E-state index contributed by atoms with van der Waals surface area (Å²) in [7, 11) is 0. The summed E-state index contributed by atoms with van der Waals surface area (Å²) in [4.78, 5) is 25.2. The number of H-pyrrole nitrogens is 1. The molecule has 0 aliphatic heterocycles. The van der Waals surface area contributed by atoms with Crippen LogP contribution in [0.1, 0.15) is 41.1 Å². The lowest BCUT2D eigenvalue weighted by Gasteiger charge is -2.19. The number of aromatic amines is 1. The van der Waals surface area contributed by atoms with E-state index in [9.17, 15) is 9.59 Å². The Labute approximate surface area is 174 Å². The van der Waals surface area contributed by atoms with Crippen LogP contribution in [-0.2, 0) is 17.9 Å². The molecule has 0 fully saturated rings. The number of nitrogens with zero attached hydrogens (tertiary/aromatic N) is 2. The Morgan fingerprint density at radius 1 is 1.10 bits per heavy atom. The first-order valence-electron chi connectivity index (χ1n) is 9.40. The van der Waals surface area contributed by atoms with E-state index in [1.54, 1.807) is 24.3 Å².